The van der Waals surface area contributed by atoms with Crippen molar-refractivity contribution in [2.45, 2.75) is 12.7 Å². The summed E-state index contributed by atoms with van der Waals surface area (Å²) >= 11 is 0. The van der Waals surface area contributed by atoms with Crippen LogP contribution in [0.3, 0.4) is 0 Å². The third-order valence-electron chi connectivity index (χ3n) is 0.751. The van der Waals surface area contributed by atoms with E-state index in [1.807, 2.05) is 0 Å². The first-order valence-corrected chi connectivity index (χ1v) is 2.46. The molecule has 1 heterocycles. The number of rotatable bonds is 3. The molecule has 1 unspecified atom stereocenters. The first-order chi connectivity index (χ1) is 3.43. The third kappa shape index (κ3) is 1.90. The largest absolute Gasteiger partial charge is 0.350 e. The van der Waals surface area contributed by atoms with Crippen LogP contribution in [0.15, 0.2) is 0 Å². The summed E-state index contributed by atoms with van der Waals surface area (Å²) in [5.41, 5.74) is 0. The van der Waals surface area contributed by atoms with E-state index in [0.29, 0.717) is 0 Å². The fourth-order valence-corrected chi connectivity index (χ4v) is 0.350. The molecule has 0 aliphatic carbocycles. The van der Waals surface area contributed by atoms with E-state index >= 15 is 0 Å². The van der Waals surface area contributed by atoms with E-state index in [0.717, 1.165) is 19.6 Å². The monoisotopic (exact) mass is 101 g/mol. The van der Waals surface area contributed by atoms with E-state index in [4.69, 9.17) is 9.47 Å². The Balaban J connectivity index is 1.80. The first kappa shape index (κ1) is 5.06. The smallest absolute Gasteiger partial charge is 0.181 e. The lowest BCUT2D eigenvalue weighted by atomic mass is 10.5. The van der Waals surface area contributed by atoms with Crippen molar-refractivity contribution in [3.63, 3.8) is 0 Å². The topological polar surface area (TPSA) is 21.8 Å². The zero-order valence-corrected chi connectivity index (χ0v) is 4.22. The van der Waals surface area contributed by atoms with E-state index in [1.165, 1.54) is 0 Å². The molecule has 1 radical (unpaired) electrons. The molecule has 1 atom stereocenters. The van der Waals surface area contributed by atoms with Gasteiger partial charge in [-0.3, -0.25) is 0 Å². The standard InChI is InChI=1S/C5H9O2/c1-2-3-6-5-4-7-5/h5H,1-4H2. The average Bonchev–Trinajstić information content (AvgIpc) is 2.42. The molecule has 7 heavy (non-hydrogen) atoms. The van der Waals surface area contributed by atoms with Crippen LogP contribution in [-0.4, -0.2) is 19.5 Å². The third-order valence-corrected chi connectivity index (χ3v) is 0.751. The van der Waals surface area contributed by atoms with Crippen molar-refractivity contribution >= 4 is 0 Å². The van der Waals surface area contributed by atoms with Gasteiger partial charge >= 0.3 is 0 Å². The Morgan fingerprint density at radius 2 is 2.57 bits per heavy atom. The van der Waals surface area contributed by atoms with Gasteiger partial charge in [-0.15, -0.1) is 0 Å². The molecular formula is C5H9O2. The Morgan fingerprint density at radius 1 is 1.86 bits per heavy atom. The molecule has 0 aromatic heterocycles. The number of hydrogen-bond donors (Lipinski definition) is 0. The van der Waals surface area contributed by atoms with Crippen LogP contribution >= 0.6 is 0 Å². The molecule has 1 aliphatic heterocycles. The summed E-state index contributed by atoms with van der Waals surface area (Å²) in [4.78, 5) is 0. The Kier molecular flexibility index (Phi) is 1.65. The molecule has 0 spiro atoms. The summed E-state index contributed by atoms with van der Waals surface area (Å²) in [5.74, 6) is 0. The zero-order chi connectivity index (χ0) is 5.11. The minimum Gasteiger partial charge on any atom is -0.350 e. The molecule has 1 aliphatic rings. The van der Waals surface area contributed by atoms with E-state index in [2.05, 4.69) is 6.92 Å². The highest BCUT2D eigenvalue weighted by atomic mass is 16.8. The molecule has 0 bridgehead atoms. The fourth-order valence-electron chi connectivity index (χ4n) is 0.350. The SMILES string of the molecule is [CH2]CCOC1CO1. The maximum absolute atomic E-state index is 5.02. The van der Waals surface area contributed by atoms with Crippen LogP contribution < -0.4 is 0 Å². The van der Waals surface area contributed by atoms with Crippen LogP contribution in [0.1, 0.15) is 6.42 Å². The fraction of sp³-hybridized carbons (Fsp3) is 0.800. The Labute approximate surface area is 43.4 Å². The van der Waals surface area contributed by atoms with Crippen LogP contribution in [0, 0.1) is 6.92 Å². The zero-order valence-electron chi connectivity index (χ0n) is 4.22. The molecule has 2 nitrogen and oxygen atoms in total. The lowest BCUT2D eigenvalue weighted by Gasteiger charge is -1.91. The van der Waals surface area contributed by atoms with Gasteiger partial charge in [0, 0.05) is 6.61 Å². The predicted octanol–water partition coefficient (Wildman–Crippen LogP) is 0.583. The van der Waals surface area contributed by atoms with Gasteiger partial charge in [0.2, 0.25) is 0 Å². The van der Waals surface area contributed by atoms with Crippen LogP contribution in [0.2, 0.25) is 0 Å². The molecule has 0 amide bonds. The van der Waals surface area contributed by atoms with Crippen molar-refractivity contribution in [1.82, 2.24) is 0 Å². The minimum atomic E-state index is 0.113. The Hall–Kier alpha value is -0.0800. The van der Waals surface area contributed by atoms with Crippen molar-refractivity contribution in [3.05, 3.63) is 6.92 Å². The normalized spacial score (nSPS) is 27.9. The van der Waals surface area contributed by atoms with Crippen LogP contribution in [0.5, 0.6) is 0 Å². The Bertz CT molecular complexity index is 50.0. The summed E-state index contributed by atoms with van der Waals surface area (Å²) in [5, 5.41) is 0. The number of epoxide rings is 1. The van der Waals surface area contributed by atoms with E-state index in [1.54, 1.807) is 0 Å². The number of ether oxygens (including phenoxy) is 2. The second-order valence-electron chi connectivity index (χ2n) is 1.49. The molecule has 2 heteroatoms. The second-order valence-corrected chi connectivity index (χ2v) is 1.49. The molecular weight excluding hydrogens is 92.1 g/mol. The maximum Gasteiger partial charge on any atom is 0.181 e. The van der Waals surface area contributed by atoms with Gasteiger partial charge in [0.1, 0.15) is 6.61 Å². The van der Waals surface area contributed by atoms with Crippen molar-refractivity contribution < 1.29 is 9.47 Å². The molecule has 1 saturated heterocycles. The van der Waals surface area contributed by atoms with Crippen LogP contribution in [0.25, 0.3) is 0 Å². The van der Waals surface area contributed by atoms with Gasteiger partial charge in [0.05, 0.1) is 0 Å². The predicted molar refractivity (Wildman–Crippen MR) is 25.7 cm³/mol. The summed E-state index contributed by atoms with van der Waals surface area (Å²) in [6.45, 7) is 5.11. The molecule has 0 aromatic carbocycles. The van der Waals surface area contributed by atoms with Gasteiger partial charge in [0.25, 0.3) is 0 Å². The summed E-state index contributed by atoms with van der Waals surface area (Å²) in [7, 11) is 0. The van der Waals surface area contributed by atoms with Gasteiger partial charge in [-0.2, -0.15) is 0 Å². The van der Waals surface area contributed by atoms with Crippen molar-refractivity contribution in [2.75, 3.05) is 13.2 Å². The maximum atomic E-state index is 5.02. The highest BCUT2D eigenvalue weighted by Crippen LogP contribution is 2.09. The van der Waals surface area contributed by atoms with Gasteiger partial charge in [-0.25, -0.2) is 0 Å². The number of hydrogen-bond acceptors (Lipinski definition) is 2. The van der Waals surface area contributed by atoms with E-state index < -0.39 is 0 Å². The van der Waals surface area contributed by atoms with Crippen molar-refractivity contribution in [2.24, 2.45) is 0 Å². The van der Waals surface area contributed by atoms with E-state index in [-0.39, 0.29) is 6.29 Å². The molecule has 41 valence electrons. The van der Waals surface area contributed by atoms with Gasteiger partial charge in [0.15, 0.2) is 6.29 Å². The quantitative estimate of drug-likeness (QED) is 0.485. The Morgan fingerprint density at radius 3 is 3.00 bits per heavy atom. The minimum absolute atomic E-state index is 0.113. The van der Waals surface area contributed by atoms with Crippen LogP contribution in [0.4, 0.5) is 0 Å². The molecule has 1 fully saturated rings. The first-order valence-electron chi connectivity index (χ1n) is 2.46. The molecule has 0 N–H and O–H groups in total. The highest BCUT2D eigenvalue weighted by Gasteiger charge is 2.21. The van der Waals surface area contributed by atoms with Gasteiger partial charge < -0.3 is 9.47 Å². The van der Waals surface area contributed by atoms with Crippen molar-refractivity contribution in [3.8, 4) is 0 Å². The summed E-state index contributed by atoms with van der Waals surface area (Å²) < 4.78 is 9.78. The summed E-state index contributed by atoms with van der Waals surface area (Å²) in [6, 6.07) is 0. The molecule has 0 saturated carbocycles. The lowest BCUT2D eigenvalue weighted by Crippen LogP contribution is -1.94. The average molecular weight is 101 g/mol. The second kappa shape index (κ2) is 2.28. The van der Waals surface area contributed by atoms with E-state index in [9.17, 15) is 0 Å². The summed E-state index contributed by atoms with van der Waals surface area (Å²) in [6.07, 6.45) is 0.946. The molecule has 0 aromatic rings. The highest BCUT2D eigenvalue weighted by molar-refractivity contribution is 4.54. The van der Waals surface area contributed by atoms with Gasteiger partial charge in [-0.05, 0) is 6.42 Å². The lowest BCUT2D eigenvalue weighted by molar-refractivity contribution is 0.0531. The van der Waals surface area contributed by atoms with Gasteiger partial charge in [-0.1, -0.05) is 6.92 Å². The van der Waals surface area contributed by atoms with Crippen molar-refractivity contribution in [1.29, 1.82) is 0 Å². The molecule has 1 rings (SSSR count). The van der Waals surface area contributed by atoms with Crippen LogP contribution in [-0.2, 0) is 9.47 Å².